The van der Waals surface area contributed by atoms with Crippen molar-refractivity contribution < 1.29 is 4.79 Å². The molecule has 0 spiro atoms. The first-order valence-electron chi connectivity index (χ1n) is 6.17. The molecule has 0 fully saturated rings. The van der Waals surface area contributed by atoms with Crippen LogP contribution in [0.2, 0.25) is 0 Å². The Balaban J connectivity index is 1.70. The minimum atomic E-state index is 0.243. The van der Waals surface area contributed by atoms with E-state index < -0.39 is 0 Å². The van der Waals surface area contributed by atoms with Gasteiger partial charge in [0.15, 0.2) is 0 Å². The number of fused-ring (bicyclic) bond motifs is 1. The molecule has 0 aliphatic carbocycles. The average Bonchev–Trinajstić information content (AvgIpc) is 2.99. The van der Waals surface area contributed by atoms with Gasteiger partial charge in [0.2, 0.25) is 5.91 Å². The fraction of sp³-hybridized carbons (Fsp3) is 0.357. The standard InChI is InChI=1S/C14H16N2OS/c1-15-6-4-11-10-16(7-5-13(11)15)14(17)9-12-3-2-8-18-12/h2-4,6,8H,5,7,9-10H2,1H3. The molecule has 4 heteroatoms. The molecule has 0 atom stereocenters. The van der Waals surface area contributed by atoms with E-state index in [1.165, 1.54) is 11.3 Å². The number of carbonyl (C=O) groups excluding carboxylic acids is 1. The summed E-state index contributed by atoms with van der Waals surface area (Å²) < 4.78 is 2.16. The van der Waals surface area contributed by atoms with E-state index in [0.29, 0.717) is 6.42 Å². The largest absolute Gasteiger partial charge is 0.354 e. The fourth-order valence-corrected chi connectivity index (χ4v) is 3.20. The van der Waals surface area contributed by atoms with Gasteiger partial charge in [0.25, 0.3) is 0 Å². The molecular formula is C14H16N2OS. The molecule has 18 heavy (non-hydrogen) atoms. The average molecular weight is 260 g/mol. The van der Waals surface area contributed by atoms with Crippen LogP contribution < -0.4 is 0 Å². The lowest BCUT2D eigenvalue weighted by Crippen LogP contribution is -2.36. The van der Waals surface area contributed by atoms with E-state index in [2.05, 4.69) is 23.9 Å². The van der Waals surface area contributed by atoms with Crippen LogP contribution in [0.1, 0.15) is 16.1 Å². The first kappa shape index (κ1) is 11.5. The van der Waals surface area contributed by atoms with Gasteiger partial charge in [-0.05, 0) is 23.1 Å². The van der Waals surface area contributed by atoms with Crippen molar-refractivity contribution in [2.75, 3.05) is 6.54 Å². The molecule has 1 aliphatic heterocycles. The smallest absolute Gasteiger partial charge is 0.228 e. The van der Waals surface area contributed by atoms with Gasteiger partial charge >= 0.3 is 0 Å². The van der Waals surface area contributed by atoms with Crippen molar-refractivity contribution in [1.82, 2.24) is 9.47 Å². The topological polar surface area (TPSA) is 25.2 Å². The number of nitrogens with zero attached hydrogens (tertiary/aromatic N) is 2. The molecule has 2 aromatic rings. The maximum Gasteiger partial charge on any atom is 0.228 e. The molecule has 1 aliphatic rings. The van der Waals surface area contributed by atoms with Gasteiger partial charge in [0.05, 0.1) is 6.42 Å². The Kier molecular flexibility index (Phi) is 2.96. The van der Waals surface area contributed by atoms with Crippen LogP contribution in [0, 0.1) is 0 Å². The van der Waals surface area contributed by atoms with E-state index in [-0.39, 0.29) is 5.91 Å². The van der Waals surface area contributed by atoms with Gasteiger partial charge in [-0.3, -0.25) is 4.79 Å². The van der Waals surface area contributed by atoms with Gasteiger partial charge in [-0.2, -0.15) is 0 Å². The Bertz CT molecular complexity index is 556. The summed E-state index contributed by atoms with van der Waals surface area (Å²) in [4.78, 5) is 15.3. The SMILES string of the molecule is Cn1ccc2c1CCN(C(=O)Cc1cccs1)C2. The van der Waals surface area contributed by atoms with E-state index in [0.717, 1.165) is 24.4 Å². The molecule has 3 nitrogen and oxygen atoms in total. The summed E-state index contributed by atoms with van der Waals surface area (Å²) in [7, 11) is 2.07. The summed E-state index contributed by atoms with van der Waals surface area (Å²) in [5.74, 6) is 0.243. The summed E-state index contributed by atoms with van der Waals surface area (Å²) in [6.07, 6.45) is 3.59. The molecular weight excluding hydrogens is 244 g/mol. The summed E-state index contributed by atoms with van der Waals surface area (Å²) >= 11 is 1.65. The fourth-order valence-electron chi connectivity index (χ4n) is 2.51. The van der Waals surface area contributed by atoms with Crippen molar-refractivity contribution in [1.29, 1.82) is 0 Å². The molecule has 0 saturated carbocycles. The van der Waals surface area contributed by atoms with Crippen LogP contribution in [0.4, 0.5) is 0 Å². The van der Waals surface area contributed by atoms with Crippen molar-refractivity contribution in [3.63, 3.8) is 0 Å². The highest BCUT2D eigenvalue weighted by Gasteiger charge is 2.22. The Labute approximate surface area is 111 Å². The lowest BCUT2D eigenvalue weighted by molar-refractivity contribution is -0.131. The third kappa shape index (κ3) is 2.08. The van der Waals surface area contributed by atoms with Gasteiger partial charge < -0.3 is 9.47 Å². The van der Waals surface area contributed by atoms with Crippen molar-refractivity contribution in [3.05, 3.63) is 45.9 Å². The molecule has 3 rings (SSSR count). The van der Waals surface area contributed by atoms with E-state index in [1.54, 1.807) is 11.3 Å². The Hall–Kier alpha value is -1.55. The van der Waals surface area contributed by atoms with Crippen LogP contribution in [0.5, 0.6) is 0 Å². The van der Waals surface area contributed by atoms with Crippen molar-refractivity contribution >= 4 is 17.2 Å². The lowest BCUT2D eigenvalue weighted by atomic mass is 10.1. The van der Waals surface area contributed by atoms with Crippen molar-refractivity contribution in [2.24, 2.45) is 7.05 Å². The molecule has 94 valence electrons. The van der Waals surface area contributed by atoms with E-state index in [9.17, 15) is 4.79 Å². The van der Waals surface area contributed by atoms with E-state index >= 15 is 0 Å². The zero-order chi connectivity index (χ0) is 12.5. The minimum Gasteiger partial charge on any atom is -0.354 e. The second-order valence-electron chi connectivity index (χ2n) is 4.72. The van der Waals surface area contributed by atoms with Crippen LogP contribution in [-0.2, 0) is 31.2 Å². The summed E-state index contributed by atoms with van der Waals surface area (Å²) in [5.41, 5.74) is 2.67. The van der Waals surface area contributed by atoms with Gasteiger partial charge in [-0.15, -0.1) is 11.3 Å². The van der Waals surface area contributed by atoms with Gasteiger partial charge in [-0.1, -0.05) is 6.07 Å². The molecule has 0 saturated heterocycles. The highest BCUT2D eigenvalue weighted by atomic mass is 32.1. The number of hydrogen-bond acceptors (Lipinski definition) is 2. The molecule has 1 amide bonds. The first-order chi connectivity index (χ1) is 8.74. The highest BCUT2D eigenvalue weighted by molar-refractivity contribution is 7.10. The third-order valence-electron chi connectivity index (χ3n) is 3.53. The number of aryl methyl sites for hydroxylation is 1. The number of hydrogen-bond donors (Lipinski definition) is 0. The zero-order valence-corrected chi connectivity index (χ0v) is 11.2. The second-order valence-corrected chi connectivity index (χ2v) is 5.75. The van der Waals surface area contributed by atoms with Crippen LogP contribution in [0.15, 0.2) is 29.8 Å². The van der Waals surface area contributed by atoms with Gasteiger partial charge in [0, 0.05) is 43.3 Å². The third-order valence-corrected chi connectivity index (χ3v) is 4.41. The van der Waals surface area contributed by atoms with Gasteiger partial charge in [-0.25, -0.2) is 0 Å². The number of aromatic nitrogens is 1. The zero-order valence-electron chi connectivity index (χ0n) is 10.4. The highest BCUT2D eigenvalue weighted by Crippen LogP contribution is 2.20. The molecule has 3 heterocycles. The Morgan fingerprint density at radius 1 is 1.44 bits per heavy atom. The second kappa shape index (κ2) is 4.61. The van der Waals surface area contributed by atoms with Crippen LogP contribution in [0.25, 0.3) is 0 Å². The van der Waals surface area contributed by atoms with E-state index in [1.807, 2.05) is 22.4 Å². The lowest BCUT2D eigenvalue weighted by Gasteiger charge is -2.27. The molecule has 0 aromatic carbocycles. The number of thiophene rings is 1. The maximum absolute atomic E-state index is 12.2. The molecule has 2 aromatic heterocycles. The van der Waals surface area contributed by atoms with Crippen LogP contribution >= 0.6 is 11.3 Å². The quantitative estimate of drug-likeness (QED) is 0.812. The molecule has 0 unspecified atom stereocenters. The predicted octanol–water partition coefficient (Wildman–Crippen LogP) is 2.21. The molecule has 0 bridgehead atoms. The number of rotatable bonds is 2. The predicted molar refractivity (Wildman–Crippen MR) is 72.6 cm³/mol. The monoisotopic (exact) mass is 260 g/mol. The van der Waals surface area contributed by atoms with Crippen LogP contribution in [-0.4, -0.2) is 21.9 Å². The first-order valence-corrected chi connectivity index (χ1v) is 7.05. The summed E-state index contributed by atoms with van der Waals surface area (Å²) in [5, 5.41) is 2.02. The Morgan fingerprint density at radius 3 is 3.11 bits per heavy atom. The van der Waals surface area contributed by atoms with Crippen molar-refractivity contribution in [3.8, 4) is 0 Å². The van der Waals surface area contributed by atoms with Crippen LogP contribution in [0.3, 0.4) is 0 Å². The van der Waals surface area contributed by atoms with Crippen molar-refractivity contribution in [2.45, 2.75) is 19.4 Å². The number of carbonyl (C=O) groups is 1. The maximum atomic E-state index is 12.2. The summed E-state index contributed by atoms with van der Waals surface area (Å²) in [6.45, 7) is 1.61. The van der Waals surface area contributed by atoms with Gasteiger partial charge in [0.1, 0.15) is 0 Å². The Morgan fingerprint density at radius 2 is 2.33 bits per heavy atom. The minimum absolute atomic E-state index is 0.243. The molecule has 0 N–H and O–H groups in total. The van der Waals surface area contributed by atoms with E-state index in [4.69, 9.17) is 0 Å². The number of amides is 1. The summed E-state index contributed by atoms with van der Waals surface area (Å²) in [6, 6.07) is 6.15. The molecule has 0 radical (unpaired) electrons. The normalized spacial score (nSPS) is 14.6.